The molecule has 0 amide bonds. The van der Waals surface area contributed by atoms with E-state index in [2.05, 4.69) is 11.6 Å². The van der Waals surface area contributed by atoms with Gasteiger partial charge in [-0.3, -0.25) is 4.99 Å². The predicted molar refractivity (Wildman–Crippen MR) is 34.0 cm³/mol. The number of nitrogens with zero attached hydrogens (tertiary/aromatic N) is 1. The molecule has 0 atom stereocenters. The first-order valence-electron chi connectivity index (χ1n) is 1.96. The van der Waals surface area contributed by atoms with Crippen molar-refractivity contribution in [3.8, 4) is 0 Å². The van der Waals surface area contributed by atoms with Crippen LogP contribution in [0.25, 0.3) is 0 Å². The molecule has 7 heavy (non-hydrogen) atoms. The lowest BCUT2D eigenvalue weighted by Gasteiger charge is -1.87. The molecule has 0 aromatic carbocycles. The second-order valence-corrected chi connectivity index (χ2v) is 1.67. The van der Waals surface area contributed by atoms with Crippen molar-refractivity contribution in [2.24, 2.45) is 4.99 Å². The molecule has 0 rings (SSSR count). The molecular formula is C5H8ClN. The summed E-state index contributed by atoms with van der Waals surface area (Å²) < 4.78 is 0. The van der Waals surface area contributed by atoms with Gasteiger partial charge in [-0.15, -0.1) is 0 Å². The molecule has 0 aromatic rings. The van der Waals surface area contributed by atoms with E-state index in [4.69, 9.17) is 11.6 Å². The van der Waals surface area contributed by atoms with Crippen LogP contribution in [0.15, 0.2) is 16.6 Å². The third-order valence-corrected chi connectivity index (χ3v) is 1.00. The van der Waals surface area contributed by atoms with Gasteiger partial charge in [-0.1, -0.05) is 18.2 Å². The van der Waals surface area contributed by atoms with Crippen molar-refractivity contribution >= 4 is 17.3 Å². The maximum absolute atomic E-state index is 5.40. The number of allylic oxidation sites excluding steroid dienone is 1. The quantitative estimate of drug-likeness (QED) is 0.465. The van der Waals surface area contributed by atoms with Crippen LogP contribution in [-0.2, 0) is 0 Å². The van der Waals surface area contributed by atoms with E-state index in [0.29, 0.717) is 5.03 Å². The minimum Gasteiger partial charge on any atom is -0.292 e. The summed E-state index contributed by atoms with van der Waals surface area (Å²) in [6, 6.07) is 0. The summed E-state index contributed by atoms with van der Waals surface area (Å²) in [5.74, 6) is 0. The lowest BCUT2D eigenvalue weighted by Crippen LogP contribution is -1.86. The Hall–Kier alpha value is -0.300. The largest absolute Gasteiger partial charge is 0.292 e. The van der Waals surface area contributed by atoms with Crippen molar-refractivity contribution in [1.29, 1.82) is 0 Å². The fourth-order valence-electron chi connectivity index (χ4n) is 0.121. The second-order valence-electron chi connectivity index (χ2n) is 1.21. The van der Waals surface area contributed by atoms with Crippen molar-refractivity contribution in [1.82, 2.24) is 0 Å². The zero-order valence-corrected chi connectivity index (χ0v) is 5.29. The van der Waals surface area contributed by atoms with Gasteiger partial charge in [-0.2, -0.15) is 0 Å². The molecule has 0 saturated carbocycles. The molecule has 0 spiro atoms. The van der Waals surface area contributed by atoms with Crippen LogP contribution in [0.5, 0.6) is 0 Å². The zero-order valence-electron chi connectivity index (χ0n) is 4.53. The second kappa shape index (κ2) is 2.80. The Bertz CT molecular complexity index is 105. The summed E-state index contributed by atoms with van der Waals surface area (Å²) in [6.07, 6.45) is 0. The lowest BCUT2D eigenvalue weighted by molar-refractivity contribution is 1.43. The number of hydrogen-bond donors (Lipinski definition) is 0. The normalized spacial score (nSPS) is 11.6. The van der Waals surface area contributed by atoms with Crippen LogP contribution >= 0.6 is 11.6 Å². The molecule has 40 valence electrons. The molecule has 0 unspecified atom stereocenters. The molecule has 0 aromatic heterocycles. The fraction of sp³-hybridized carbons (Fsp3) is 0.400. The Balaban J connectivity index is 3.82. The van der Waals surface area contributed by atoms with Crippen LogP contribution in [0.2, 0.25) is 0 Å². The number of rotatable bonds is 1. The highest BCUT2D eigenvalue weighted by Crippen LogP contribution is 1.97. The Kier molecular flexibility index (Phi) is 2.68. The molecule has 0 bridgehead atoms. The van der Waals surface area contributed by atoms with E-state index in [-0.39, 0.29) is 0 Å². The maximum Gasteiger partial charge on any atom is 0.0541 e. The summed E-state index contributed by atoms with van der Waals surface area (Å²) in [5, 5.41) is 0.516. The highest BCUT2D eigenvalue weighted by Gasteiger charge is 1.86. The van der Waals surface area contributed by atoms with Gasteiger partial charge in [0.1, 0.15) is 0 Å². The van der Waals surface area contributed by atoms with Crippen molar-refractivity contribution < 1.29 is 0 Å². The van der Waals surface area contributed by atoms with E-state index >= 15 is 0 Å². The van der Waals surface area contributed by atoms with Gasteiger partial charge in [-0.25, -0.2) is 0 Å². The highest BCUT2D eigenvalue weighted by atomic mass is 35.5. The molecule has 0 saturated heterocycles. The Morgan fingerprint density at radius 2 is 2.14 bits per heavy atom. The van der Waals surface area contributed by atoms with E-state index in [9.17, 15) is 0 Å². The van der Waals surface area contributed by atoms with Crippen molar-refractivity contribution in [2.75, 3.05) is 7.05 Å². The van der Waals surface area contributed by atoms with E-state index in [1.165, 1.54) is 0 Å². The van der Waals surface area contributed by atoms with E-state index in [1.807, 2.05) is 6.92 Å². The minimum atomic E-state index is 0.516. The molecule has 0 N–H and O–H groups in total. The molecule has 2 heteroatoms. The Morgan fingerprint density at radius 3 is 2.14 bits per heavy atom. The van der Waals surface area contributed by atoms with Crippen LogP contribution < -0.4 is 0 Å². The van der Waals surface area contributed by atoms with Crippen LogP contribution in [0, 0.1) is 0 Å². The van der Waals surface area contributed by atoms with Crippen LogP contribution in [0.3, 0.4) is 0 Å². The number of halogens is 1. The molecule has 0 heterocycles. The van der Waals surface area contributed by atoms with Gasteiger partial charge in [-0.05, 0) is 6.92 Å². The van der Waals surface area contributed by atoms with E-state index < -0.39 is 0 Å². The van der Waals surface area contributed by atoms with E-state index in [0.717, 1.165) is 5.71 Å². The van der Waals surface area contributed by atoms with Crippen molar-refractivity contribution in [2.45, 2.75) is 6.92 Å². The topological polar surface area (TPSA) is 12.4 Å². The Morgan fingerprint density at radius 1 is 1.71 bits per heavy atom. The van der Waals surface area contributed by atoms with Gasteiger partial charge in [0.15, 0.2) is 0 Å². The third-order valence-electron chi connectivity index (χ3n) is 0.728. The molecule has 0 radical (unpaired) electrons. The lowest BCUT2D eigenvalue weighted by atomic mass is 10.4. The predicted octanol–water partition coefficient (Wildman–Crippen LogP) is 1.83. The van der Waals surface area contributed by atoms with Crippen molar-refractivity contribution in [3.63, 3.8) is 0 Å². The monoisotopic (exact) mass is 117 g/mol. The summed E-state index contributed by atoms with van der Waals surface area (Å²) >= 11 is 5.40. The highest BCUT2D eigenvalue weighted by molar-refractivity contribution is 6.42. The first kappa shape index (κ1) is 6.70. The summed E-state index contributed by atoms with van der Waals surface area (Å²) in [4.78, 5) is 3.77. The first-order chi connectivity index (χ1) is 3.18. The molecule has 0 aliphatic carbocycles. The van der Waals surface area contributed by atoms with Gasteiger partial charge >= 0.3 is 0 Å². The fourth-order valence-corrected chi connectivity index (χ4v) is 0.206. The van der Waals surface area contributed by atoms with Crippen LogP contribution in [-0.4, -0.2) is 12.8 Å². The summed E-state index contributed by atoms with van der Waals surface area (Å²) in [7, 11) is 1.68. The molecule has 0 aliphatic heterocycles. The average Bonchev–Trinajstić information content (AvgIpc) is 1.65. The molecule has 0 aliphatic rings. The Labute approximate surface area is 48.7 Å². The van der Waals surface area contributed by atoms with Gasteiger partial charge in [0.05, 0.1) is 5.03 Å². The van der Waals surface area contributed by atoms with Gasteiger partial charge in [0, 0.05) is 12.8 Å². The summed E-state index contributed by atoms with van der Waals surface area (Å²) in [5.41, 5.74) is 0.793. The first-order valence-corrected chi connectivity index (χ1v) is 2.34. The molecular weight excluding hydrogens is 110 g/mol. The summed E-state index contributed by atoms with van der Waals surface area (Å²) in [6.45, 7) is 5.28. The molecule has 0 fully saturated rings. The van der Waals surface area contributed by atoms with Crippen LogP contribution in [0.1, 0.15) is 6.92 Å². The standard InChI is InChI=1S/C5H8ClN/c1-4(6)5(2)7-3/h1H2,2-3H3. The van der Waals surface area contributed by atoms with Gasteiger partial charge < -0.3 is 0 Å². The average molecular weight is 118 g/mol. The van der Waals surface area contributed by atoms with Crippen molar-refractivity contribution in [3.05, 3.63) is 11.6 Å². The number of hydrogen-bond acceptors (Lipinski definition) is 1. The SMILES string of the molecule is C=C(Cl)C(C)=NC. The maximum atomic E-state index is 5.40. The zero-order chi connectivity index (χ0) is 5.86. The number of aliphatic imine (C=N–C) groups is 1. The van der Waals surface area contributed by atoms with Gasteiger partial charge in [0.2, 0.25) is 0 Å². The van der Waals surface area contributed by atoms with Gasteiger partial charge in [0.25, 0.3) is 0 Å². The van der Waals surface area contributed by atoms with Crippen LogP contribution in [0.4, 0.5) is 0 Å². The molecule has 1 nitrogen and oxygen atoms in total. The van der Waals surface area contributed by atoms with E-state index in [1.54, 1.807) is 7.05 Å². The third kappa shape index (κ3) is 2.40. The minimum absolute atomic E-state index is 0.516. The smallest absolute Gasteiger partial charge is 0.0541 e.